The van der Waals surface area contributed by atoms with E-state index in [9.17, 15) is 19.7 Å². The van der Waals surface area contributed by atoms with Crippen LogP contribution in [0.25, 0.3) is 5.70 Å². The van der Waals surface area contributed by atoms with Crippen molar-refractivity contribution in [3.63, 3.8) is 0 Å². The molecule has 0 spiro atoms. The summed E-state index contributed by atoms with van der Waals surface area (Å²) in [5, 5.41) is 16.7. The molecule has 0 unspecified atom stereocenters. The van der Waals surface area contributed by atoms with Crippen molar-refractivity contribution in [2.24, 2.45) is 0 Å². The average Bonchev–Trinajstić information content (AvgIpc) is 2.62. The van der Waals surface area contributed by atoms with E-state index >= 15 is 0 Å². The molecule has 1 amide bonds. The Bertz CT molecular complexity index is 863. The zero-order chi connectivity index (χ0) is 19.1. The first-order chi connectivity index (χ1) is 12.4. The fourth-order valence-corrected chi connectivity index (χ4v) is 2.27. The number of anilines is 1. The van der Waals surface area contributed by atoms with Gasteiger partial charge in [-0.25, -0.2) is 0 Å². The predicted molar refractivity (Wildman–Crippen MR) is 99.8 cm³/mol. The topological polar surface area (TPSA) is 101 Å². The van der Waals surface area contributed by atoms with E-state index < -0.39 is 16.6 Å². The Kier molecular flexibility index (Phi) is 6.46. The summed E-state index contributed by atoms with van der Waals surface area (Å²) >= 11 is 5.86. The molecule has 0 fully saturated rings. The summed E-state index contributed by atoms with van der Waals surface area (Å²) in [5.41, 5.74) is 1.17. The van der Waals surface area contributed by atoms with Gasteiger partial charge in [-0.15, -0.1) is 0 Å². The Labute approximate surface area is 154 Å². The van der Waals surface area contributed by atoms with Crippen LogP contribution in [0, 0.1) is 10.1 Å². The zero-order valence-electron chi connectivity index (χ0n) is 13.9. The standard InChI is InChI=1S/C18H16ClN3O4/c1-2-20-16(12-6-8-13(19)9-7-12)11-17(23)18(24)21-14-4-3-5-15(10-14)22(25)26/h3-11,20H,2H2,1H3,(H,21,24). The van der Waals surface area contributed by atoms with Crippen molar-refractivity contribution in [1.82, 2.24) is 5.32 Å². The maximum Gasteiger partial charge on any atom is 0.296 e. The second-order valence-corrected chi connectivity index (χ2v) is 5.66. The van der Waals surface area contributed by atoms with Crippen molar-refractivity contribution in [1.29, 1.82) is 0 Å². The van der Waals surface area contributed by atoms with E-state index in [-0.39, 0.29) is 11.4 Å². The predicted octanol–water partition coefficient (Wildman–Crippen LogP) is 3.41. The molecule has 0 aliphatic carbocycles. The first-order valence-corrected chi connectivity index (χ1v) is 8.09. The van der Waals surface area contributed by atoms with Crippen LogP contribution in [-0.4, -0.2) is 23.2 Å². The van der Waals surface area contributed by atoms with Crippen LogP contribution < -0.4 is 10.6 Å². The highest BCUT2D eigenvalue weighted by molar-refractivity contribution is 6.45. The number of rotatable bonds is 7. The molecule has 7 nitrogen and oxygen atoms in total. The maximum atomic E-state index is 12.2. The lowest BCUT2D eigenvalue weighted by atomic mass is 10.1. The second kappa shape index (κ2) is 8.77. The monoisotopic (exact) mass is 373 g/mol. The maximum absolute atomic E-state index is 12.2. The van der Waals surface area contributed by atoms with E-state index in [1.165, 1.54) is 30.3 Å². The van der Waals surface area contributed by atoms with Crippen molar-refractivity contribution in [3.05, 3.63) is 75.3 Å². The van der Waals surface area contributed by atoms with Crippen LogP contribution >= 0.6 is 11.6 Å². The van der Waals surface area contributed by atoms with Gasteiger partial charge in [-0.2, -0.15) is 0 Å². The van der Waals surface area contributed by atoms with Gasteiger partial charge in [0.05, 0.1) is 4.92 Å². The lowest BCUT2D eigenvalue weighted by Crippen LogP contribution is -2.23. The summed E-state index contributed by atoms with van der Waals surface area (Å²) in [7, 11) is 0. The molecule has 0 aromatic heterocycles. The van der Waals surface area contributed by atoms with E-state index in [1.807, 2.05) is 6.92 Å². The molecular formula is C18H16ClN3O4. The molecule has 0 aliphatic heterocycles. The Morgan fingerprint density at radius 3 is 2.50 bits per heavy atom. The number of nitro groups is 1. The number of amides is 1. The van der Waals surface area contributed by atoms with Gasteiger partial charge < -0.3 is 10.6 Å². The molecule has 2 aromatic rings. The summed E-state index contributed by atoms with van der Waals surface area (Å²) in [6, 6.07) is 12.2. The van der Waals surface area contributed by atoms with Gasteiger partial charge in [0, 0.05) is 41.2 Å². The zero-order valence-corrected chi connectivity index (χ0v) is 14.6. The van der Waals surface area contributed by atoms with Gasteiger partial charge in [0.2, 0.25) is 5.78 Å². The van der Waals surface area contributed by atoms with E-state index in [0.29, 0.717) is 22.8 Å². The van der Waals surface area contributed by atoms with Crippen molar-refractivity contribution < 1.29 is 14.5 Å². The minimum atomic E-state index is -0.894. The number of non-ortho nitro benzene ring substituents is 1. The summed E-state index contributed by atoms with van der Waals surface area (Å²) in [6.45, 7) is 2.41. The molecule has 134 valence electrons. The lowest BCUT2D eigenvalue weighted by molar-refractivity contribution is -0.384. The van der Waals surface area contributed by atoms with Crippen molar-refractivity contribution in [2.75, 3.05) is 11.9 Å². The Morgan fingerprint density at radius 1 is 1.19 bits per heavy atom. The molecule has 2 rings (SSSR count). The van der Waals surface area contributed by atoms with Crippen LogP contribution in [0.1, 0.15) is 12.5 Å². The highest BCUT2D eigenvalue weighted by atomic mass is 35.5. The van der Waals surface area contributed by atoms with Gasteiger partial charge in [-0.3, -0.25) is 19.7 Å². The van der Waals surface area contributed by atoms with E-state index in [1.54, 1.807) is 24.3 Å². The number of halogens is 1. The van der Waals surface area contributed by atoms with Gasteiger partial charge >= 0.3 is 0 Å². The van der Waals surface area contributed by atoms with Crippen LogP contribution in [0.5, 0.6) is 0 Å². The Morgan fingerprint density at radius 2 is 1.88 bits per heavy atom. The largest absolute Gasteiger partial charge is 0.385 e. The van der Waals surface area contributed by atoms with Crippen molar-refractivity contribution in [3.8, 4) is 0 Å². The summed E-state index contributed by atoms with van der Waals surface area (Å²) < 4.78 is 0. The minimum Gasteiger partial charge on any atom is -0.385 e. The van der Waals surface area contributed by atoms with E-state index in [0.717, 1.165) is 0 Å². The Balaban J connectivity index is 2.18. The molecule has 0 radical (unpaired) electrons. The van der Waals surface area contributed by atoms with Gasteiger partial charge in [0.15, 0.2) is 0 Å². The number of carbonyl (C=O) groups excluding carboxylic acids is 2. The molecule has 8 heteroatoms. The van der Waals surface area contributed by atoms with Crippen LogP contribution in [0.4, 0.5) is 11.4 Å². The summed E-state index contributed by atoms with van der Waals surface area (Å²) in [6.07, 6.45) is 1.18. The van der Waals surface area contributed by atoms with Crippen molar-refractivity contribution in [2.45, 2.75) is 6.92 Å². The third kappa shape index (κ3) is 5.15. The molecular weight excluding hydrogens is 358 g/mol. The average molecular weight is 374 g/mol. The number of benzene rings is 2. The van der Waals surface area contributed by atoms with Gasteiger partial charge in [0.1, 0.15) is 0 Å². The third-order valence-corrected chi connectivity index (χ3v) is 3.59. The SMILES string of the molecule is CCNC(=CC(=O)C(=O)Nc1cccc([N+](=O)[O-])c1)c1ccc(Cl)cc1. The van der Waals surface area contributed by atoms with Crippen molar-refractivity contribution >= 4 is 40.4 Å². The van der Waals surface area contributed by atoms with E-state index in [2.05, 4.69) is 10.6 Å². The van der Waals surface area contributed by atoms with Gasteiger partial charge in [-0.1, -0.05) is 29.8 Å². The molecule has 2 aromatic carbocycles. The molecule has 0 saturated heterocycles. The summed E-state index contributed by atoms with van der Waals surface area (Å²) in [5.74, 6) is -1.68. The van der Waals surface area contributed by atoms with E-state index in [4.69, 9.17) is 11.6 Å². The normalized spacial score (nSPS) is 10.9. The van der Waals surface area contributed by atoms with Crippen LogP contribution in [0.2, 0.25) is 5.02 Å². The number of carbonyl (C=O) groups is 2. The number of hydrogen-bond acceptors (Lipinski definition) is 5. The molecule has 2 N–H and O–H groups in total. The van der Waals surface area contributed by atoms with Crippen LogP contribution in [0.15, 0.2) is 54.6 Å². The smallest absolute Gasteiger partial charge is 0.296 e. The first-order valence-electron chi connectivity index (χ1n) is 7.72. The number of nitrogens with one attached hydrogen (secondary N) is 2. The Hall–Kier alpha value is -3.19. The van der Waals surface area contributed by atoms with Gasteiger partial charge in [-0.05, 0) is 30.7 Å². The summed E-state index contributed by atoms with van der Waals surface area (Å²) in [4.78, 5) is 34.5. The molecule has 0 atom stereocenters. The number of hydrogen-bond donors (Lipinski definition) is 2. The minimum absolute atomic E-state index is 0.169. The fourth-order valence-electron chi connectivity index (χ4n) is 2.14. The molecule has 0 heterocycles. The third-order valence-electron chi connectivity index (χ3n) is 3.34. The lowest BCUT2D eigenvalue weighted by Gasteiger charge is -2.09. The van der Waals surface area contributed by atoms with Crippen LogP contribution in [0.3, 0.4) is 0 Å². The molecule has 26 heavy (non-hydrogen) atoms. The quantitative estimate of drug-likeness (QED) is 0.335. The molecule has 0 aliphatic rings. The molecule has 0 bridgehead atoms. The van der Waals surface area contributed by atoms with Crippen LogP contribution in [-0.2, 0) is 9.59 Å². The number of nitro benzene ring substituents is 1. The number of ketones is 1. The second-order valence-electron chi connectivity index (χ2n) is 5.22. The highest BCUT2D eigenvalue weighted by Crippen LogP contribution is 2.18. The highest BCUT2D eigenvalue weighted by Gasteiger charge is 2.15. The fraction of sp³-hybridized carbons (Fsp3) is 0.111. The first kappa shape index (κ1) is 19.1. The molecule has 0 saturated carbocycles. The number of nitrogens with zero attached hydrogens (tertiary/aromatic N) is 1. The van der Waals surface area contributed by atoms with Gasteiger partial charge in [0.25, 0.3) is 11.6 Å².